The van der Waals surface area contributed by atoms with E-state index >= 15 is 0 Å². The standard InChI is InChI=1S/C14H25NO3/c16-14(17)13-6-2-1-4-11(13)10-15-12-5-3-8-18-9-7-12/h11-13,15H,1-10H2,(H,16,17). The Morgan fingerprint density at radius 3 is 2.78 bits per heavy atom. The molecule has 3 atom stereocenters. The van der Waals surface area contributed by atoms with Crippen molar-refractivity contribution >= 4 is 5.97 Å². The average molecular weight is 255 g/mol. The van der Waals surface area contributed by atoms with E-state index in [2.05, 4.69) is 5.32 Å². The van der Waals surface area contributed by atoms with E-state index in [4.69, 9.17) is 4.74 Å². The Labute approximate surface area is 109 Å². The van der Waals surface area contributed by atoms with Gasteiger partial charge in [0.2, 0.25) is 0 Å². The molecule has 0 aromatic carbocycles. The van der Waals surface area contributed by atoms with E-state index in [1.807, 2.05) is 0 Å². The number of nitrogens with one attached hydrogen (secondary N) is 1. The van der Waals surface area contributed by atoms with Crippen molar-refractivity contribution < 1.29 is 14.6 Å². The van der Waals surface area contributed by atoms with Gasteiger partial charge in [-0.05, 0) is 44.6 Å². The van der Waals surface area contributed by atoms with Gasteiger partial charge in [0, 0.05) is 19.3 Å². The first-order chi connectivity index (χ1) is 8.77. The summed E-state index contributed by atoms with van der Waals surface area (Å²) >= 11 is 0. The van der Waals surface area contributed by atoms with Gasteiger partial charge in [-0.2, -0.15) is 0 Å². The van der Waals surface area contributed by atoms with Gasteiger partial charge in [0.1, 0.15) is 0 Å². The molecular formula is C14H25NO3. The van der Waals surface area contributed by atoms with E-state index in [9.17, 15) is 9.90 Å². The second-order valence-corrected chi connectivity index (χ2v) is 5.64. The van der Waals surface area contributed by atoms with Crippen LogP contribution in [0.2, 0.25) is 0 Å². The van der Waals surface area contributed by atoms with E-state index in [0.29, 0.717) is 12.0 Å². The van der Waals surface area contributed by atoms with Crippen molar-refractivity contribution in [1.82, 2.24) is 5.32 Å². The molecule has 1 saturated carbocycles. The van der Waals surface area contributed by atoms with Gasteiger partial charge < -0.3 is 15.2 Å². The Hall–Kier alpha value is -0.610. The minimum absolute atomic E-state index is 0.131. The fourth-order valence-corrected chi connectivity index (χ4v) is 3.20. The smallest absolute Gasteiger partial charge is 0.306 e. The number of hydrogen-bond donors (Lipinski definition) is 2. The maximum atomic E-state index is 11.2. The lowest BCUT2D eigenvalue weighted by molar-refractivity contribution is -0.144. The molecular weight excluding hydrogens is 230 g/mol. The number of rotatable bonds is 4. The predicted octanol–water partition coefficient (Wildman–Crippen LogP) is 2.04. The molecule has 1 heterocycles. The molecule has 0 aromatic rings. The molecule has 4 heteroatoms. The molecule has 3 unspecified atom stereocenters. The summed E-state index contributed by atoms with van der Waals surface area (Å²) in [7, 11) is 0. The highest BCUT2D eigenvalue weighted by Crippen LogP contribution is 2.30. The van der Waals surface area contributed by atoms with Crippen LogP contribution in [0, 0.1) is 11.8 Å². The molecule has 1 aliphatic carbocycles. The molecule has 2 N–H and O–H groups in total. The van der Waals surface area contributed by atoms with Crippen molar-refractivity contribution in [2.45, 2.75) is 51.0 Å². The minimum Gasteiger partial charge on any atom is -0.481 e. The quantitative estimate of drug-likeness (QED) is 0.807. The van der Waals surface area contributed by atoms with Crippen LogP contribution in [-0.4, -0.2) is 36.9 Å². The van der Waals surface area contributed by atoms with Gasteiger partial charge in [-0.3, -0.25) is 4.79 Å². The highest BCUT2D eigenvalue weighted by molar-refractivity contribution is 5.70. The first-order valence-electron chi connectivity index (χ1n) is 7.31. The van der Waals surface area contributed by atoms with Crippen LogP contribution in [0.15, 0.2) is 0 Å². The van der Waals surface area contributed by atoms with Gasteiger partial charge in [0.05, 0.1) is 5.92 Å². The Kier molecular flexibility index (Phi) is 5.45. The SMILES string of the molecule is O=C(O)C1CCCCC1CNC1CCCOCC1. The third kappa shape index (κ3) is 3.95. The maximum absolute atomic E-state index is 11.2. The van der Waals surface area contributed by atoms with Crippen LogP contribution < -0.4 is 5.32 Å². The third-order valence-corrected chi connectivity index (χ3v) is 4.35. The van der Waals surface area contributed by atoms with Crippen molar-refractivity contribution in [3.63, 3.8) is 0 Å². The van der Waals surface area contributed by atoms with Gasteiger partial charge in [0.15, 0.2) is 0 Å². The first-order valence-corrected chi connectivity index (χ1v) is 7.31. The minimum atomic E-state index is -0.606. The van der Waals surface area contributed by atoms with Crippen LogP contribution in [0.25, 0.3) is 0 Å². The average Bonchev–Trinajstić information content (AvgIpc) is 2.65. The van der Waals surface area contributed by atoms with Gasteiger partial charge in [-0.1, -0.05) is 12.8 Å². The molecule has 0 spiro atoms. The Morgan fingerprint density at radius 2 is 1.94 bits per heavy atom. The van der Waals surface area contributed by atoms with E-state index in [1.165, 1.54) is 6.42 Å². The van der Waals surface area contributed by atoms with Crippen molar-refractivity contribution in [2.75, 3.05) is 19.8 Å². The van der Waals surface area contributed by atoms with E-state index in [1.54, 1.807) is 0 Å². The Morgan fingerprint density at radius 1 is 1.11 bits per heavy atom. The Balaban J connectivity index is 1.78. The number of aliphatic carboxylic acids is 1. The van der Waals surface area contributed by atoms with Gasteiger partial charge in [-0.25, -0.2) is 0 Å². The number of carboxylic acid groups (broad SMARTS) is 1. The number of hydrogen-bond acceptors (Lipinski definition) is 3. The predicted molar refractivity (Wildman–Crippen MR) is 69.5 cm³/mol. The van der Waals surface area contributed by atoms with Crippen molar-refractivity contribution in [2.24, 2.45) is 11.8 Å². The lowest BCUT2D eigenvalue weighted by Crippen LogP contribution is -2.39. The van der Waals surface area contributed by atoms with Gasteiger partial charge >= 0.3 is 5.97 Å². The zero-order valence-corrected chi connectivity index (χ0v) is 11.1. The lowest BCUT2D eigenvalue weighted by atomic mass is 9.79. The van der Waals surface area contributed by atoms with E-state index < -0.39 is 5.97 Å². The monoisotopic (exact) mass is 255 g/mol. The van der Waals surface area contributed by atoms with Crippen LogP contribution in [0.4, 0.5) is 0 Å². The van der Waals surface area contributed by atoms with Crippen LogP contribution >= 0.6 is 0 Å². The fourth-order valence-electron chi connectivity index (χ4n) is 3.20. The van der Waals surface area contributed by atoms with E-state index in [0.717, 1.165) is 58.3 Å². The Bertz CT molecular complexity index is 262. The molecule has 2 rings (SSSR count). The highest BCUT2D eigenvalue weighted by Gasteiger charge is 2.30. The van der Waals surface area contributed by atoms with Crippen LogP contribution in [0.5, 0.6) is 0 Å². The fraction of sp³-hybridized carbons (Fsp3) is 0.929. The van der Waals surface area contributed by atoms with Gasteiger partial charge in [-0.15, -0.1) is 0 Å². The topological polar surface area (TPSA) is 58.6 Å². The second kappa shape index (κ2) is 7.10. The molecule has 0 bridgehead atoms. The number of ether oxygens (including phenoxy) is 1. The van der Waals surface area contributed by atoms with Gasteiger partial charge in [0.25, 0.3) is 0 Å². The summed E-state index contributed by atoms with van der Waals surface area (Å²) in [5.74, 6) is -0.417. The molecule has 104 valence electrons. The lowest BCUT2D eigenvalue weighted by Gasteiger charge is -2.30. The first kappa shape index (κ1) is 13.8. The summed E-state index contributed by atoms with van der Waals surface area (Å²) < 4.78 is 5.44. The molecule has 2 aliphatic rings. The molecule has 1 aliphatic heterocycles. The zero-order chi connectivity index (χ0) is 12.8. The summed E-state index contributed by atoms with van der Waals surface area (Å²) in [5, 5.41) is 12.8. The third-order valence-electron chi connectivity index (χ3n) is 4.35. The maximum Gasteiger partial charge on any atom is 0.306 e. The van der Waals surface area contributed by atoms with Crippen LogP contribution in [0.1, 0.15) is 44.9 Å². The summed E-state index contributed by atoms with van der Waals surface area (Å²) in [6.45, 7) is 2.58. The van der Waals surface area contributed by atoms with Crippen molar-refractivity contribution in [3.8, 4) is 0 Å². The molecule has 0 radical (unpaired) electrons. The van der Waals surface area contributed by atoms with E-state index in [-0.39, 0.29) is 5.92 Å². The normalized spacial score (nSPS) is 33.9. The summed E-state index contributed by atoms with van der Waals surface area (Å²) in [6.07, 6.45) is 7.51. The molecule has 0 aromatic heterocycles. The molecule has 1 saturated heterocycles. The summed E-state index contributed by atoms with van der Waals surface area (Å²) in [6, 6.07) is 0.517. The summed E-state index contributed by atoms with van der Waals surface area (Å²) in [5.41, 5.74) is 0. The second-order valence-electron chi connectivity index (χ2n) is 5.64. The molecule has 0 amide bonds. The summed E-state index contributed by atoms with van der Waals surface area (Å²) in [4.78, 5) is 11.2. The van der Waals surface area contributed by atoms with Crippen molar-refractivity contribution in [3.05, 3.63) is 0 Å². The number of carbonyl (C=O) groups is 1. The number of carboxylic acids is 1. The highest BCUT2D eigenvalue weighted by atomic mass is 16.5. The molecule has 4 nitrogen and oxygen atoms in total. The zero-order valence-electron chi connectivity index (χ0n) is 11.1. The molecule has 18 heavy (non-hydrogen) atoms. The largest absolute Gasteiger partial charge is 0.481 e. The van der Waals surface area contributed by atoms with Crippen molar-refractivity contribution in [1.29, 1.82) is 0 Å². The van der Waals surface area contributed by atoms with Crippen LogP contribution in [-0.2, 0) is 9.53 Å². The van der Waals surface area contributed by atoms with Crippen LogP contribution in [0.3, 0.4) is 0 Å². The molecule has 2 fully saturated rings.